The van der Waals surface area contributed by atoms with Crippen molar-refractivity contribution in [2.45, 2.75) is 6.42 Å². The SMILES string of the molecule is COc1ccc2c(c1-c1cc(C(=O)O)nn1C)OCCCO2. The maximum atomic E-state index is 11.1. The van der Waals surface area contributed by atoms with E-state index in [-0.39, 0.29) is 5.69 Å². The Kier molecular flexibility index (Phi) is 3.62. The Bertz CT molecular complexity index is 723. The van der Waals surface area contributed by atoms with Crippen molar-refractivity contribution in [3.05, 3.63) is 23.9 Å². The molecule has 1 N–H and O–H groups in total. The lowest BCUT2D eigenvalue weighted by Gasteiger charge is -2.16. The molecule has 2 heterocycles. The number of aromatic nitrogens is 2. The average Bonchev–Trinajstić information content (AvgIpc) is 2.73. The highest BCUT2D eigenvalue weighted by Crippen LogP contribution is 2.45. The number of ether oxygens (including phenoxy) is 3. The number of benzene rings is 1. The molecule has 22 heavy (non-hydrogen) atoms. The lowest BCUT2D eigenvalue weighted by molar-refractivity contribution is 0.0689. The quantitative estimate of drug-likeness (QED) is 0.933. The van der Waals surface area contributed by atoms with Gasteiger partial charge in [-0.05, 0) is 18.2 Å². The predicted molar refractivity (Wildman–Crippen MR) is 77.8 cm³/mol. The number of methoxy groups -OCH3 is 1. The van der Waals surface area contributed by atoms with Gasteiger partial charge in [-0.3, -0.25) is 4.68 Å². The van der Waals surface area contributed by atoms with Gasteiger partial charge in [0.25, 0.3) is 0 Å². The normalized spacial score (nSPS) is 13.5. The standard InChI is InChI=1S/C15H16N2O5/c1-17-10(8-9(16-17)15(18)19)13-11(20-2)4-5-12-14(13)22-7-3-6-21-12/h4-5,8H,3,6-7H2,1-2H3,(H,18,19). The monoisotopic (exact) mass is 304 g/mol. The summed E-state index contributed by atoms with van der Waals surface area (Å²) in [4.78, 5) is 11.1. The van der Waals surface area contributed by atoms with Crippen molar-refractivity contribution in [2.24, 2.45) is 7.05 Å². The van der Waals surface area contributed by atoms with Gasteiger partial charge < -0.3 is 19.3 Å². The maximum Gasteiger partial charge on any atom is 0.356 e. The number of rotatable bonds is 3. The van der Waals surface area contributed by atoms with Gasteiger partial charge in [0.05, 0.1) is 31.6 Å². The van der Waals surface area contributed by atoms with Crippen LogP contribution in [0.15, 0.2) is 18.2 Å². The molecule has 0 atom stereocenters. The Morgan fingerprint density at radius 3 is 2.82 bits per heavy atom. The van der Waals surface area contributed by atoms with Gasteiger partial charge in [0.2, 0.25) is 0 Å². The molecule has 0 saturated carbocycles. The largest absolute Gasteiger partial charge is 0.496 e. The van der Waals surface area contributed by atoms with E-state index in [0.717, 1.165) is 6.42 Å². The Hall–Kier alpha value is -2.70. The molecule has 1 aliphatic heterocycles. The van der Waals surface area contributed by atoms with Gasteiger partial charge in [-0.2, -0.15) is 5.10 Å². The van der Waals surface area contributed by atoms with Gasteiger partial charge in [0, 0.05) is 13.5 Å². The predicted octanol–water partition coefficient (Wildman–Crippen LogP) is 1.96. The van der Waals surface area contributed by atoms with Gasteiger partial charge in [-0.1, -0.05) is 0 Å². The number of carboxylic acids is 1. The molecule has 1 aromatic heterocycles. The Balaban J connectivity index is 2.22. The van der Waals surface area contributed by atoms with Gasteiger partial charge >= 0.3 is 5.97 Å². The second kappa shape index (κ2) is 5.59. The molecule has 0 spiro atoms. The van der Waals surface area contributed by atoms with E-state index in [1.54, 1.807) is 26.3 Å². The molecular formula is C15H16N2O5. The summed E-state index contributed by atoms with van der Waals surface area (Å²) < 4.78 is 18.4. The van der Waals surface area contributed by atoms with Gasteiger partial charge in [0.1, 0.15) is 5.75 Å². The van der Waals surface area contributed by atoms with Crippen LogP contribution < -0.4 is 14.2 Å². The van der Waals surface area contributed by atoms with Crippen molar-refractivity contribution in [2.75, 3.05) is 20.3 Å². The first-order valence-corrected chi connectivity index (χ1v) is 6.86. The molecule has 7 heteroatoms. The molecule has 0 bridgehead atoms. The molecule has 2 aromatic rings. The van der Waals surface area contributed by atoms with E-state index in [2.05, 4.69) is 5.10 Å². The first kappa shape index (κ1) is 14.2. The molecule has 0 fully saturated rings. The number of carbonyl (C=O) groups is 1. The van der Waals surface area contributed by atoms with Crippen molar-refractivity contribution >= 4 is 5.97 Å². The van der Waals surface area contributed by atoms with Gasteiger partial charge in [0.15, 0.2) is 17.2 Å². The average molecular weight is 304 g/mol. The number of aryl methyl sites for hydroxylation is 1. The first-order valence-electron chi connectivity index (χ1n) is 6.86. The third-order valence-corrected chi connectivity index (χ3v) is 3.45. The molecule has 1 aliphatic rings. The zero-order valence-corrected chi connectivity index (χ0v) is 12.3. The molecular weight excluding hydrogens is 288 g/mol. The van der Waals surface area contributed by atoms with E-state index >= 15 is 0 Å². The topological polar surface area (TPSA) is 82.8 Å². The smallest absolute Gasteiger partial charge is 0.356 e. The van der Waals surface area contributed by atoms with E-state index in [4.69, 9.17) is 19.3 Å². The summed E-state index contributed by atoms with van der Waals surface area (Å²) >= 11 is 0. The highest BCUT2D eigenvalue weighted by Gasteiger charge is 2.24. The minimum atomic E-state index is -1.08. The van der Waals surface area contributed by atoms with Crippen LogP contribution in [0.1, 0.15) is 16.9 Å². The third kappa shape index (κ3) is 2.34. The third-order valence-electron chi connectivity index (χ3n) is 3.45. The highest BCUT2D eigenvalue weighted by atomic mass is 16.5. The first-order chi connectivity index (χ1) is 10.6. The van der Waals surface area contributed by atoms with Crippen molar-refractivity contribution < 1.29 is 24.1 Å². The maximum absolute atomic E-state index is 11.1. The fourth-order valence-corrected chi connectivity index (χ4v) is 2.44. The van der Waals surface area contributed by atoms with Crippen LogP contribution in [0, 0.1) is 0 Å². The number of aromatic carboxylic acids is 1. The minimum absolute atomic E-state index is 0.0355. The van der Waals surface area contributed by atoms with Crippen LogP contribution in [0.4, 0.5) is 0 Å². The van der Waals surface area contributed by atoms with Crippen LogP contribution in [0.2, 0.25) is 0 Å². The summed E-state index contributed by atoms with van der Waals surface area (Å²) in [5.41, 5.74) is 1.20. The summed E-state index contributed by atoms with van der Waals surface area (Å²) in [5.74, 6) is 0.660. The van der Waals surface area contributed by atoms with Crippen LogP contribution >= 0.6 is 0 Å². The number of hydrogen-bond donors (Lipinski definition) is 1. The summed E-state index contributed by atoms with van der Waals surface area (Å²) in [5, 5.41) is 13.1. The van der Waals surface area contributed by atoms with E-state index in [1.165, 1.54) is 10.7 Å². The zero-order valence-electron chi connectivity index (χ0n) is 12.3. The van der Waals surface area contributed by atoms with Crippen molar-refractivity contribution in [1.29, 1.82) is 0 Å². The summed E-state index contributed by atoms with van der Waals surface area (Å²) in [6.07, 6.45) is 0.780. The van der Waals surface area contributed by atoms with E-state index in [1.807, 2.05) is 0 Å². The van der Waals surface area contributed by atoms with E-state index in [9.17, 15) is 4.79 Å². The van der Waals surface area contributed by atoms with Crippen molar-refractivity contribution in [1.82, 2.24) is 9.78 Å². The van der Waals surface area contributed by atoms with Crippen LogP contribution in [-0.4, -0.2) is 41.2 Å². The van der Waals surface area contributed by atoms with Crippen molar-refractivity contribution in [3.63, 3.8) is 0 Å². The number of carboxylic acid groups (broad SMARTS) is 1. The molecule has 0 saturated heterocycles. The number of fused-ring (bicyclic) bond motifs is 1. The number of hydrogen-bond acceptors (Lipinski definition) is 5. The summed E-state index contributed by atoms with van der Waals surface area (Å²) in [7, 11) is 3.23. The minimum Gasteiger partial charge on any atom is -0.496 e. The van der Waals surface area contributed by atoms with Gasteiger partial charge in [-0.25, -0.2) is 4.79 Å². The van der Waals surface area contributed by atoms with Crippen LogP contribution in [0.5, 0.6) is 17.2 Å². The lowest BCUT2D eigenvalue weighted by Crippen LogP contribution is -2.02. The number of nitrogens with zero attached hydrogens (tertiary/aromatic N) is 2. The van der Waals surface area contributed by atoms with Crippen LogP contribution in [0.25, 0.3) is 11.3 Å². The lowest BCUT2D eigenvalue weighted by atomic mass is 10.1. The fraction of sp³-hybridized carbons (Fsp3) is 0.333. The van der Waals surface area contributed by atoms with Crippen LogP contribution in [-0.2, 0) is 7.05 Å². The zero-order chi connectivity index (χ0) is 15.7. The molecule has 7 nitrogen and oxygen atoms in total. The molecule has 0 aliphatic carbocycles. The summed E-state index contributed by atoms with van der Waals surface area (Å²) in [6.45, 7) is 1.10. The molecule has 116 valence electrons. The van der Waals surface area contributed by atoms with E-state index in [0.29, 0.717) is 41.7 Å². The molecule has 0 amide bonds. The van der Waals surface area contributed by atoms with Gasteiger partial charge in [-0.15, -0.1) is 0 Å². The van der Waals surface area contributed by atoms with Crippen LogP contribution in [0.3, 0.4) is 0 Å². The highest BCUT2D eigenvalue weighted by molar-refractivity contribution is 5.88. The second-order valence-electron chi connectivity index (χ2n) is 4.86. The molecule has 1 aromatic carbocycles. The Morgan fingerprint density at radius 2 is 2.14 bits per heavy atom. The Labute approximate surface area is 127 Å². The fourth-order valence-electron chi connectivity index (χ4n) is 2.44. The van der Waals surface area contributed by atoms with E-state index < -0.39 is 5.97 Å². The van der Waals surface area contributed by atoms with Crippen molar-refractivity contribution in [3.8, 4) is 28.5 Å². The summed E-state index contributed by atoms with van der Waals surface area (Å²) in [6, 6.07) is 5.06. The second-order valence-corrected chi connectivity index (χ2v) is 4.86. The molecule has 0 radical (unpaired) electrons. The Morgan fingerprint density at radius 1 is 1.36 bits per heavy atom. The molecule has 0 unspecified atom stereocenters. The molecule has 3 rings (SSSR count).